The highest BCUT2D eigenvalue weighted by Gasteiger charge is 2.51. The lowest BCUT2D eigenvalue weighted by Crippen LogP contribution is -2.65. The molecule has 14 nitrogen and oxygen atoms in total. The molecule has 0 aromatic rings. The van der Waals surface area contributed by atoms with E-state index in [0.29, 0.717) is 6.42 Å². The van der Waals surface area contributed by atoms with Gasteiger partial charge in [0.2, 0.25) is 5.91 Å². The standard InChI is InChI=1S/C63H121NO13/c1-3-5-7-9-11-12-13-14-15-16-17-18-19-20-21-22-23-24-25-26-27-28-29-30-31-32-33-34-35-36-37-38-39-40-41-43-45-47-55(68)64-51(52(67)46-44-42-10-8-6-4-2)50-74-62-60(73)58(71)61(54(49-66)76-62)77-63-59(72)57(70)56(69)53(48-65)75-63/h44,46,51-54,56-63,65-67,69-73H,3-43,45,47-50H2,1-2H3,(H,64,68)/b46-44+. The van der Waals surface area contributed by atoms with Crippen LogP contribution in [-0.2, 0) is 23.7 Å². The fraction of sp³-hybridized carbons (Fsp3) is 0.952. The zero-order valence-electron chi connectivity index (χ0n) is 49.2. The number of ether oxygens (including phenoxy) is 4. The van der Waals surface area contributed by atoms with E-state index in [1.165, 1.54) is 212 Å². The van der Waals surface area contributed by atoms with Crippen molar-refractivity contribution in [3.8, 4) is 0 Å². The molecule has 14 heteroatoms. The van der Waals surface area contributed by atoms with Crippen molar-refractivity contribution in [1.82, 2.24) is 5.32 Å². The van der Waals surface area contributed by atoms with Crippen LogP contribution < -0.4 is 5.32 Å². The number of rotatable bonds is 53. The van der Waals surface area contributed by atoms with Gasteiger partial charge in [-0.15, -0.1) is 0 Å². The number of allylic oxidation sites excluding steroid dienone is 1. The first-order chi connectivity index (χ1) is 37.6. The minimum atomic E-state index is -1.78. The molecule has 2 fully saturated rings. The van der Waals surface area contributed by atoms with Crippen LogP contribution in [0.3, 0.4) is 0 Å². The summed E-state index contributed by atoms with van der Waals surface area (Å²) in [7, 11) is 0. The predicted octanol–water partition coefficient (Wildman–Crippen LogP) is 11.8. The number of hydrogen-bond acceptors (Lipinski definition) is 13. The fourth-order valence-electron chi connectivity index (χ4n) is 11.0. The van der Waals surface area contributed by atoms with Gasteiger partial charge in [0.05, 0.1) is 32.0 Å². The summed E-state index contributed by atoms with van der Waals surface area (Å²) < 4.78 is 22.6. The number of aliphatic hydroxyl groups excluding tert-OH is 8. The maximum absolute atomic E-state index is 13.1. The van der Waals surface area contributed by atoms with Crippen LogP contribution in [-0.4, -0.2) is 140 Å². The van der Waals surface area contributed by atoms with Crippen molar-refractivity contribution in [2.75, 3.05) is 19.8 Å². The number of amides is 1. The average molecular weight is 1100 g/mol. The highest BCUT2D eigenvalue weighted by molar-refractivity contribution is 5.76. The van der Waals surface area contributed by atoms with Gasteiger partial charge in [0.15, 0.2) is 12.6 Å². The summed E-state index contributed by atoms with van der Waals surface area (Å²) in [4.78, 5) is 13.1. The van der Waals surface area contributed by atoms with E-state index >= 15 is 0 Å². The molecule has 0 saturated carbocycles. The number of aliphatic hydroxyl groups is 8. The van der Waals surface area contributed by atoms with Crippen molar-refractivity contribution < 1.29 is 64.6 Å². The second kappa shape index (κ2) is 49.3. The minimum absolute atomic E-state index is 0.239. The lowest BCUT2D eigenvalue weighted by Gasteiger charge is -2.46. The van der Waals surface area contributed by atoms with Gasteiger partial charge in [-0.1, -0.05) is 276 Å². The summed E-state index contributed by atoms with van der Waals surface area (Å²) in [6, 6.07) is -0.907. The maximum Gasteiger partial charge on any atom is 0.220 e. The van der Waals surface area contributed by atoms with Crippen LogP contribution in [0.15, 0.2) is 12.2 Å². The lowest BCUT2D eigenvalue weighted by atomic mass is 9.97. The van der Waals surface area contributed by atoms with Gasteiger partial charge in [-0.2, -0.15) is 0 Å². The van der Waals surface area contributed by atoms with E-state index in [4.69, 9.17) is 18.9 Å². The topological polar surface area (TPSA) is 228 Å². The smallest absolute Gasteiger partial charge is 0.220 e. The maximum atomic E-state index is 13.1. The molecule has 0 aromatic carbocycles. The average Bonchev–Trinajstić information content (AvgIpc) is 3.43. The molecule has 456 valence electrons. The summed E-state index contributed by atoms with van der Waals surface area (Å²) in [5.74, 6) is -0.239. The highest BCUT2D eigenvalue weighted by atomic mass is 16.7. The van der Waals surface area contributed by atoms with E-state index in [-0.39, 0.29) is 18.9 Å². The van der Waals surface area contributed by atoms with Crippen molar-refractivity contribution in [2.24, 2.45) is 0 Å². The third-order valence-corrected chi connectivity index (χ3v) is 16.2. The molecular weight excluding hydrogens is 979 g/mol. The zero-order valence-corrected chi connectivity index (χ0v) is 49.2. The number of hydrogen-bond donors (Lipinski definition) is 9. The molecular formula is C63H121NO13. The Hall–Kier alpha value is -1.27. The van der Waals surface area contributed by atoms with Crippen LogP contribution in [0.2, 0.25) is 0 Å². The predicted molar refractivity (Wildman–Crippen MR) is 309 cm³/mol. The summed E-state index contributed by atoms with van der Waals surface area (Å²) in [5.41, 5.74) is 0. The summed E-state index contributed by atoms with van der Waals surface area (Å²) in [6.45, 7) is 2.73. The van der Waals surface area contributed by atoms with Crippen LogP contribution in [0.25, 0.3) is 0 Å². The van der Waals surface area contributed by atoms with Gasteiger partial charge in [0, 0.05) is 6.42 Å². The molecule has 1 amide bonds. The van der Waals surface area contributed by atoms with Crippen LogP contribution >= 0.6 is 0 Å². The second-order valence-corrected chi connectivity index (χ2v) is 23.3. The molecule has 9 N–H and O–H groups in total. The molecule has 2 aliphatic rings. The first-order valence-corrected chi connectivity index (χ1v) is 32.4. The van der Waals surface area contributed by atoms with Gasteiger partial charge in [-0.25, -0.2) is 0 Å². The van der Waals surface area contributed by atoms with Crippen LogP contribution in [0.5, 0.6) is 0 Å². The Morgan fingerprint density at radius 3 is 1.19 bits per heavy atom. The number of unbranched alkanes of at least 4 members (excludes halogenated alkanes) is 40. The van der Waals surface area contributed by atoms with Gasteiger partial charge < -0.3 is 65.1 Å². The monoisotopic (exact) mass is 1100 g/mol. The molecule has 0 spiro atoms. The number of carbonyl (C=O) groups is 1. The molecule has 2 saturated heterocycles. The Labute approximate surface area is 469 Å². The summed E-state index contributed by atoms with van der Waals surface area (Å²) in [6.07, 6.45) is 42.2. The van der Waals surface area contributed by atoms with E-state index in [1.54, 1.807) is 6.08 Å². The molecule has 12 unspecified atom stereocenters. The van der Waals surface area contributed by atoms with Gasteiger partial charge in [0.25, 0.3) is 0 Å². The van der Waals surface area contributed by atoms with Crippen molar-refractivity contribution in [2.45, 2.75) is 364 Å². The van der Waals surface area contributed by atoms with E-state index < -0.39 is 86.8 Å². The zero-order chi connectivity index (χ0) is 56.0. The first-order valence-electron chi connectivity index (χ1n) is 32.4. The molecule has 2 rings (SSSR count). The van der Waals surface area contributed by atoms with Crippen molar-refractivity contribution in [3.63, 3.8) is 0 Å². The van der Waals surface area contributed by atoms with Crippen LogP contribution in [0.4, 0.5) is 0 Å². The van der Waals surface area contributed by atoms with Crippen LogP contribution in [0, 0.1) is 0 Å². The van der Waals surface area contributed by atoms with Gasteiger partial charge in [0.1, 0.15) is 48.8 Å². The molecule has 0 aromatic heterocycles. The highest BCUT2D eigenvalue weighted by Crippen LogP contribution is 2.30. The van der Waals surface area contributed by atoms with Gasteiger partial charge in [-0.3, -0.25) is 4.79 Å². The van der Waals surface area contributed by atoms with Crippen LogP contribution in [0.1, 0.15) is 290 Å². The Bertz CT molecular complexity index is 1340. The third-order valence-electron chi connectivity index (χ3n) is 16.2. The van der Waals surface area contributed by atoms with E-state index in [9.17, 15) is 45.6 Å². The minimum Gasteiger partial charge on any atom is -0.394 e. The van der Waals surface area contributed by atoms with Crippen molar-refractivity contribution in [3.05, 3.63) is 12.2 Å². The number of carbonyl (C=O) groups excluding carboxylic acids is 1. The van der Waals surface area contributed by atoms with E-state index in [1.807, 2.05) is 6.08 Å². The SMILES string of the molecule is CCCCCC/C=C/C(O)C(COC1OC(CO)C(OC2OC(CO)C(O)C(O)C2O)C(O)C1O)NC(=O)CCCCCCCCCCCCCCCCCCCCCCCCCCCCCCCCCCCCCCC. The largest absolute Gasteiger partial charge is 0.394 e. The van der Waals surface area contributed by atoms with E-state index in [2.05, 4.69) is 19.2 Å². The summed E-state index contributed by atoms with van der Waals surface area (Å²) >= 11 is 0. The fourth-order valence-corrected chi connectivity index (χ4v) is 11.0. The van der Waals surface area contributed by atoms with Crippen molar-refractivity contribution >= 4 is 5.91 Å². The molecule has 2 heterocycles. The third kappa shape index (κ3) is 34.7. The first kappa shape index (κ1) is 71.8. The Morgan fingerprint density at radius 1 is 0.455 bits per heavy atom. The molecule has 0 radical (unpaired) electrons. The molecule has 12 atom stereocenters. The quantitative estimate of drug-likeness (QED) is 0.0204. The Balaban J connectivity index is 1.48. The summed E-state index contributed by atoms with van der Waals surface area (Å²) in [5, 5.41) is 86.5. The van der Waals surface area contributed by atoms with E-state index in [0.717, 1.165) is 51.4 Å². The molecule has 0 aliphatic carbocycles. The Kier molecular flexibility index (Phi) is 46.0. The molecule has 2 aliphatic heterocycles. The molecule has 0 bridgehead atoms. The normalized spacial score (nSPS) is 24.7. The van der Waals surface area contributed by atoms with Gasteiger partial charge >= 0.3 is 0 Å². The number of nitrogens with one attached hydrogen (secondary N) is 1. The van der Waals surface area contributed by atoms with Gasteiger partial charge in [-0.05, 0) is 19.3 Å². The molecule has 77 heavy (non-hydrogen) atoms. The van der Waals surface area contributed by atoms with Crippen molar-refractivity contribution in [1.29, 1.82) is 0 Å². The second-order valence-electron chi connectivity index (χ2n) is 23.3. The Morgan fingerprint density at radius 2 is 0.805 bits per heavy atom. The lowest BCUT2D eigenvalue weighted by molar-refractivity contribution is -0.359.